The lowest BCUT2D eigenvalue weighted by molar-refractivity contribution is -0.138. The van der Waals surface area contributed by atoms with E-state index in [-0.39, 0.29) is 5.69 Å². The molecule has 20 heavy (non-hydrogen) atoms. The molecule has 1 aromatic rings. The van der Waals surface area contributed by atoms with Gasteiger partial charge in [0.05, 0.1) is 17.2 Å². The molecule has 1 heterocycles. The standard InChI is InChI=1S/C13H11F3N2O2/c14-13(15,16)10-6-9(4-3-8(10)7-17)18-5-1-2-11(18)12(19)20/h3-4,6,11H,1-2,5H2,(H,19,20)/t11-/m0/s1. The van der Waals surface area contributed by atoms with E-state index < -0.39 is 29.3 Å². The molecule has 4 nitrogen and oxygen atoms in total. The van der Waals surface area contributed by atoms with Crippen LogP contribution in [0.15, 0.2) is 18.2 Å². The monoisotopic (exact) mass is 284 g/mol. The van der Waals surface area contributed by atoms with Gasteiger partial charge in [0.1, 0.15) is 6.04 Å². The van der Waals surface area contributed by atoms with Crippen LogP contribution in [-0.2, 0) is 11.0 Å². The lowest BCUT2D eigenvalue weighted by atomic mass is 10.1. The van der Waals surface area contributed by atoms with Crippen LogP contribution in [0.2, 0.25) is 0 Å². The molecule has 1 aromatic carbocycles. The summed E-state index contributed by atoms with van der Waals surface area (Å²) in [7, 11) is 0. The van der Waals surface area contributed by atoms with E-state index in [1.54, 1.807) is 0 Å². The molecule has 0 aromatic heterocycles. The first kappa shape index (κ1) is 14.2. The molecule has 1 aliphatic rings. The predicted octanol–water partition coefficient (Wildman–Crippen LogP) is 2.63. The van der Waals surface area contributed by atoms with Gasteiger partial charge in [-0.2, -0.15) is 18.4 Å². The molecule has 1 atom stereocenters. The SMILES string of the molecule is N#Cc1ccc(N2CCC[C@H]2C(=O)O)cc1C(F)(F)F. The maximum Gasteiger partial charge on any atom is 0.417 e. The van der Waals surface area contributed by atoms with Crippen molar-refractivity contribution in [2.75, 3.05) is 11.4 Å². The van der Waals surface area contributed by atoms with Crippen LogP contribution < -0.4 is 4.90 Å². The van der Waals surface area contributed by atoms with Crippen molar-refractivity contribution in [1.29, 1.82) is 5.26 Å². The molecule has 0 bridgehead atoms. The summed E-state index contributed by atoms with van der Waals surface area (Å²) in [4.78, 5) is 12.5. The molecule has 0 radical (unpaired) electrons. The highest BCUT2D eigenvalue weighted by Crippen LogP contribution is 2.36. The summed E-state index contributed by atoms with van der Waals surface area (Å²) >= 11 is 0. The van der Waals surface area contributed by atoms with E-state index in [9.17, 15) is 18.0 Å². The van der Waals surface area contributed by atoms with Gasteiger partial charge in [-0.25, -0.2) is 4.79 Å². The third kappa shape index (κ3) is 2.54. The topological polar surface area (TPSA) is 64.3 Å². The Bertz CT molecular complexity index is 578. The summed E-state index contributed by atoms with van der Waals surface area (Å²) in [5, 5.41) is 17.8. The molecule has 2 rings (SSSR count). The van der Waals surface area contributed by atoms with Crippen LogP contribution in [0, 0.1) is 11.3 Å². The molecule has 0 amide bonds. The molecule has 1 saturated heterocycles. The lowest BCUT2D eigenvalue weighted by Crippen LogP contribution is -2.36. The average molecular weight is 284 g/mol. The average Bonchev–Trinajstić information content (AvgIpc) is 2.86. The van der Waals surface area contributed by atoms with Crippen LogP contribution in [-0.4, -0.2) is 23.7 Å². The maximum atomic E-state index is 12.9. The minimum atomic E-state index is -4.64. The minimum absolute atomic E-state index is 0.182. The molecule has 7 heteroatoms. The zero-order valence-corrected chi connectivity index (χ0v) is 10.3. The number of hydrogen-bond acceptors (Lipinski definition) is 3. The van der Waals surface area contributed by atoms with E-state index in [4.69, 9.17) is 10.4 Å². The Labute approximate surface area is 113 Å². The smallest absolute Gasteiger partial charge is 0.417 e. The lowest BCUT2D eigenvalue weighted by Gasteiger charge is -2.24. The van der Waals surface area contributed by atoms with Crippen LogP contribution in [0.3, 0.4) is 0 Å². The second-order valence-corrected chi connectivity index (χ2v) is 4.53. The molecule has 0 unspecified atom stereocenters. The Kier molecular flexibility index (Phi) is 3.57. The van der Waals surface area contributed by atoms with Crippen molar-refractivity contribution < 1.29 is 23.1 Å². The normalized spacial score (nSPS) is 18.9. The van der Waals surface area contributed by atoms with Gasteiger partial charge in [0.25, 0.3) is 0 Å². The van der Waals surface area contributed by atoms with Gasteiger partial charge in [0, 0.05) is 12.2 Å². The summed E-state index contributed by atoms with van der Waals surface area (Å²) in [5.74, 6) is -1.06. The number of nitriles is 1. The van der Waals surface area contributed by atoms with Gasteiger partial charge < -0.3 is 10.0 Å². The number of carbonyl (C=O) groups is 1. The van der Waals surface area contributed by atoms with Crippen LogP contribution in [0.4, 0.5) is 18.9 Å². The van der Waals surface area contributed by atoms with Crippen molar-refractivity contribution in [2.45, 2.75) is 25.1 Å². The Morgan fingerprint density at radius 3 is 2.70 bits per heavy atom. The second-order valence-electron chi connectivity index (χ2n) is 4.53. The molecule has 106 valence electrons. The quantitative estimate of drug-likeness (QED) is 0.906. The third-order valence-electron chi connectivity index (χ3n) is 3.30. The molecule has 0 saturated carbocycles. The van der Waals surface area contributed by atoms with E-state index in [0.717, 1.165) is 12.1 Å². The summed E-state index contributed by atoms with van der Waals surface area (Å²) in [6.07, 6.45) is -3.63. The largest absolute Gasteiger partial charge is 0.480 e. The molecule has 0 spiro atoms. The first-order valence-electron chi connectivity index (χ1n) is 5.95. The number of aliphatic carboxylic acids is 1. The van der Waals surface area contributed by atoms with Crippen LogP contribution >= 0.6 is 0 Å². The van der Waals surface area contributed by atoms with E-state index in [0.29, 0.717) is 19.4 Å². The second kappa shape index (κ2) is 5.04. The minimum Gasteiger partial charge on any atom is -0.480 e. The fraction of sp³-hybridized carbons (Fsp3) is 0.385. The van der Waals surface area contributed by atoms with Gasteiger partial charge in [0.15, 0.2) is 0 Å². The third-order valence-corrected chi connectivity index (χ3v) is 3.30. The molecular formula is C13H11F3N2O2. The fourth-order valence-electron chi connectivity index (χ4n) is 2.38. The number of carboxylic acid groups (broad SMARTS) is 1. The Morgan fingerprint density at radius 2 is 2.15 bits per heavy atom. The van der Waals surface area contributed by atoms with Crippen molar-refractivity contribution in [3.63, 3.8) is 0 Å². The zero-order valence-electron chi connectivity index (χ0n) is 10.3. The number of alkyl halides is 3. The van der Waals surface area contributed by atoms with Gasteiger partial charge >= 0.3 is 12.1 Å². The van der Waals surface area contributed by atoms with Crippen molar-refractivity contribution >= 4 is 11.7 Å². The number of rotatable bonds is 2. The van der Waals surface area contributed by atoms with Crippen LogP contribution in [0.1, 0.15) is 24.0 Å². The Morgan fingerprint density at radius 1 is 1.45 bits per heavy atom. The summed E-state index contributed by atoms with van der Waals surface area (Å²) < 4.78 is 38.6. The number of benzene rings is 1. The molecule has 1 aliphatic heterocycles. The van der Waals surface area contributed by atoms with Gasteiger partial charge in [-0.1, -0.05) is 0 Å². The zero-order chi connectivity index (χ0) is 14.9. The molecular weight excluding hydrogens is 273 g/mol. The molecule has 1 fully saturated rings. The van der Waals surface area contributed by atoms with E-state index in [2.05, 4.69) is 0 Å². The summed E-state index contributed by atoms with van der Waals surface area (Å²) in [6.45, 7) is 0.389. The van der Waals surface area contributed by atoms with Gasteiger partial charge in [-0.15, -0.1) is 0 Å². The first-order chi connectivity index (χ1) is 9.34. The van der Waals surface area contributed by atoms with Crippen molar-refractivity contribution in [3.8, 4) is 6.07 Å². The molecule has 1 N–H and O–H groups in total. The van der Waals surface area contributed by atoms with Gasteiger partial charge in [0.2, 0.25) is 0 Å². The van der Waals surface area contributed by atoms with Crippen molar-refractivity contribution in [2.24, 2.45) is 0 Å². The number of halogens is 3. The van der Waals surface area contributed by atoms with E-state index in [1.165, 1.54) is 17.0 Å². The van der Waals surface area contributed by atoms with Gasteiger partial charge in [-0.3, -0.25) is 0 Å². The summed E-state index contributed by atoms with van der Waals surface area (Å²) in [6, 6.07) is 3.97. The number of anilines is 1. The molecule has 0 aliphatic carbocycles. The fourth-order valence-corrected chi connectivity index (χ4v) is 2.38. The van der Waals surface area contributed by atoms with Crippen LogP contribution in [0.5, 0.6) is 0 Å². The highest BCUT2D eigenvalue weighted by atomic mass is 19.4. The predicted molar refractivity (Wildman–Crippen MR) is 64.2 cm³/mol. The first-order valence-corrected chi connectivity index (χ1v) is 5.95. The number of nitrogens with zero attached hydrogens (tertiary/aromatic N) is 2. The highest BCUT2D eigenvalue weighted by Gasteiger charge is 2.36. The highest BCUT2D eigenvalue weighted by molar-refractivity contribution is 5.79. The number of carboxylic acids is 1. The van der Waals surface area contributed by atoms with E-state index in [1.807, 2.05) is 0 Å². The Balaban J connectivity index is 2.44. The van der Waals surface area contributed by atoms with Crippen molar-refractivity contribution in [3.05, 3.63) is 29.3 Å². The number of hydrogen-bond donors (Lipinski definition) is 1. The van der Waals surface area contributed by atoms with E-state index >= 15 is 0 Å². The Hall–Kier alpha value is -2.23. The van der Waals surface area contributed by atoms with Crippen LogP contribution in [0.25, 0.3) is 0 Å². The van der Waals surface area contributed by atoms with Gasteiger partial charge in [-0.05, 0) is 31.0 Å². The summed E-state index contributed by atoms with van der Waals surface area (Å²) in [5.41, 5.74) is -1.32. The maximum absolute atomic E-state index is 12.9. The van der Waals surface area contributed by atoms with Crippen molar-refractivity contribution in [1.82, 2.24) is 0 Å².